The zero-order valence-corrected chi connectivity index (χ0v) is 10.8. The number of aliphatic hydroxyl groups is 1. The van der Waals surface area contributed by atoms with Gasteiger partial charge in [-0.2, -0.15) is 26.3 Å². The van der Waals surface area contributed by atoms with E-state index < -0.39 is 41.6 Å². The third kappa shape index (κ3) is 3.24. The molecule has 2 rings (SSSR count). The summed E-state index contributed by atoms with van der Waals surface area (Å²) in [6.07, 6.45) is -7.10. The molecule has 120 valence electrons. The van der Waals surface area contributed by atoms with Gasteiger partial charge in [0, 0.05) is 12.4 Å². The summed E-state index contributed by atoms with van der Waals surface area (Å²) in [7, 11) is 0. The topological polar surface area (TPSA) is 48.9 Å². The largest absolute Gasteiger partial charge is 0.416 e. The van der Waals surface area contributed by atoms with Crippen LogP contribution in [0, 0.1) is 0 Å². The molecule has 0 aliphatic heterocycles. The zero-order valence-electron chi connectivity index (χ0n) is 10.8. The second-order valence-electron chi connectivity index (χ2n) is 4.51. The minimum atomic E-state index is -4.85. The predicted octanol–water partition coefficient (Wildman–Crippen LogP) is 3.57. The maximum Gasteiger partial charge on any atom is 0.416 e. The van der Waals surface area contributed by atoms with Gasteiger partial charge in [0.1, 0.15) is 5.82 Å². The van der Waals surface area contributed by atoms with Gasteiger partial charge in [-0.1, -0.05) is 0 Å². The van der Waals surface area contributed by atoms with E-state index in [4.69, 9.17) is 0 Å². The molecule has 0 aliphatic carbocycles. The fourth-order valence-corrected chi connectivity index (χ4v) is 2.09. The first-order chi connectivity index (χ1) is 10.1. The van der Waals surface area contributed by atoms with E-state index in [2.05, 4.69) is 9.97 Å². The third-order valence-corrected chi connectivity index (χ3v) is 3.09. The number of imidazole rings is 1. The van der Waals surface area contributed by atoms with E-state index in [9.17, 15) is 31.4 Å². The van der Waals surface area contributed by atoms with Crippen molar-refractivity contribution >= 4 is 0 Å². The molecule has 2 aromatic rings. The molecular weight excluding hydrogens is 314 g/mol. The van der Waals surface area contributed by atoms with Crippen LogP contribution >= 0.6 is 0 Å². The first-order valence-electron chi connectivity index (χ1n) is 6.03. The van der Waals surface area contributed by atoms with Gasteiger partial charge in [-0.05, 0) is 23.8 Å². The van der Waals surface area contributed by atoms with Crippen LogP contribution in [0.5, 0.6) is 0 Å². The highest BCUT2D eigenvalue weighted by molar-refractivity contribution is 5.40. The number of aliphatic hydroxyl groups excluding tert-OH is 1. The Morgan fingerprint density at radius 2 is 1.77 bits per heavy atom. The van der Waals surface area contributed by atoms with E-state index in [0.717, 1.165) is 0 Å². The van der Waals surface area contributed by atoms with E-state index in [-0.39, 0.29) is 5.82 Å². The molecule has 9 heteroatoms. The molecule has 1 aromatic carbocycles. The SMILES string of the molecule is OCC(c1ncc[nH]1)c1cc(C(F)(F)F)ccc1C(F)(F)F. The Morgan fingerprint density at radius 1 is 1.09 bits per heavy atom. The molecule has 0 amide bonds. The molecule has 0 saturated heterocycles. The normalized spacial score (nSPS) is 14.1. The highest BCUT2D eigenvalue weighted by atomic mass is 19.4. The van der Waals surface area contributed by atoms with E-state index in [1.165, 1.54) is 12.4 Å². The molecule has 1 aromatic heterocycles. The number of hydrogen-bond donors (Lipinski definition) is 2. The van der Waals surface area contributed by atoms with Crippen LogP contribution in [0.25, 0.3) is 0 Å². The summed E-state index contributed by atoms with van der Waals surface area (Å²) in [5.74, 6) is -1.39. The number of nitrogens with zero attached hydrogens (tertiary/aromatic N) is 1. The van der Waals surface area contributed by atoms with Crippen molar-refractivity contribution in [3.05, 3.63) is 53.1 Å². The van der Waals surface area contributed by atoms with E-state index in [1.807, 2.05) is 0 Å². The lowest BCUT2D eigenvalue weighted by Gasteiger charge is -2.20. The minimum Gasteiger partial charge on any atom is -0.395 e. The quantitative estimate of drug-likeness (QED) is 0.848. The summed E-state index contributed by atoms with van der Waals surface area (Å²) in [6, 6.07) is 1.12. The summed E-state index contributed by atoms with van der Waals surface area (Å²) in [6.45, 7) is -0.822. The standard InChI is InChI=1S/C13H10F6N2O/c14-12(15,16)7-1-2-10(13(17,18)19)8(5-7)9(6-22)11-20-3-4-21-11/h1-5,9,22H,6H2,(H,20,21). The van der Waals surface area contributed by atoms with Crippen molar-refractivity contribution in [2.75, 3.05) is 6.61 Å². The van der Waals surface area contributed by atoms with Crippen molar-refractivity contribution in [3.8, 4) is 0 Å². The number of hydrogen-bond acceptors (Lipinski definition) is 2. The fraction of sp³-hybridized carbons (Fsp3) is 0.308. The molecule has 22 heavy (non-hydrogen) atoms. The van der Waals surface area contributed by atoms with Gasteiger partial charge in [-0.25, -0.2) is 4.98 Å². The number of alkyl halides is 6. The Bertz CT molecular complexity index is 633. The molecule has 0 aliphatic rings. The van der Waals surface area contributed by atoms with Gasteiger partial charge in [0.25, 0.3) is 0 Å². The highest BCUT2D eigenvalue weighted by Gasteiger charge is 2.39. The molecule has 2 N–H and O–H groups in total. The molecule has 1 unspecified atom stereocenters. The molecule has 1 atom stereocenters. The summed E-state index contributed by atoms with van der Waals surface area (Å²) in [4.78, 5) is 6.22. The molecule has 0 fully saturated rings. The highest BCUT2D eigenvalue weighted by Crippen LogP contribution is 2.40. The van der Waals surface area contributed by atoms with Crippen molar-refractivity contribution < 1.29 is 31.4 Å². The lowest BCUT2D eigenvalue weighted by Crippen LogP contribution is -2.18. The maximum atomic E-state index is 13.0. The Balaban J connectivity index is 2.64. The zero-order chi connectivity index (χ0) is 16.5. The number of rotatable bonds is 3. The van der Waals surface area contributed by atoms with E-state index >= 15 is 0 Å². The van der Waals surface area contributed by atoms with Crippen LogP contribution in [-0.4, -0.2) is 21.7 Å². The van der Waals surface area contributed by atoms with Crippen LogP contribution in [0.4, 0.5) is 26.3 Å². The monoisotopic (exact) mass is 324 g/mol. The second-order valence-corrected chi connectivity index (χ2v) is 4.51. The molecule has 1 heterocycles. The van der Waals surface area contributed by atoms with Gasteiger partial charge >= 0.3 is 12.4 Å². The lowest BCUT2D eigenvalue weighted by molar-refractivity contribution is -0.142. The summed E-state index contributed by atoms with van der Waals surface area (Å²) < 4.78 is 77.3. The molecular formula is C13H10F6N2O. The Hall–Kier alpha value is -2.03. The van der Waals surface area contributed by atoms with Crippen LogP contribution in [-0.2, 0) is 12.4 Å². The Labute approximate surface area is 120 Å². The molecule has 0 spiro atoms. The lowest BCUT2D eigenvalue weighted by atomic mass is 9.91. The van der Waals surface area contributed by atoms with Crippen molar-refractivity contribution in [1.29, 1.82) is 0 Å². The molecule has 3 nitrogen and oxygen atoms in total. The number of aromatic amines is 1. The van der Waals surface area contributed by atoms with Gasteiger partial charge in [-0.3, -0.25) is 0 Å². The smallest absolute Gasteiger partial charge is 0.395 e. The second kappa shape index (κ2) is 5.64. The third-order valence-electron chi connectivity index (χ3n) is 3.09. The van der Waals surface area contributed by atoms with Gasteiger partial charge < -0.3 is 10.1 Å². The van der Waals surface area contributed by atoms with E-state index in [1.54, 1.807) is 0 Å². The first-order valence-corrected chi connectivity index (χ1v) is 6.03. The van der Waals surface area contributed by atoms with Crippen LogP contribution < -0.4 is 0 Å². The maximum absolute atomic E-state index is 13.0. The Kier molecular flexibility index (Phi) is 4.19. The predicted molar refractivity (Wildman–Crippen MR) is 64.0 cm³/mol. The molecule has 0 bridgehead atoms. The molecule has 0 saturated carbocycles. The van der Waals surface area contributed by atoms with Gasteiger partial charge in [0.2, 0.25) is 0 Å². The van der Waals surface area contributed by atoms with Crippen molar-refractivity contribution in [3.63, 3.8) is 0 Å². The van der Waals surface area contributed by atoms with Gasteiger partial charge in [-0.15, -0.1) is 0 Å². The number of nitrogens with one attached hydrogen (secondary N) is 1. The Morgan fingerprint density at radius 3 is 2.23 bits per heavy atom. The number of aromatic nitrogens is 2. The van der Waals surface area contributed by atoms with Crippen LogP contribution in [0.15, 0.2) is 30.6 Å². The van der Waals surface area contributed by atoms with Crippen LogP contribution in [0.1, 0.15) is 28.4 Å². The van der Waals surface area contributed by atoms with Gasteiger partial charge in [0.05, 0.1) is 23.7 Å². The number of halogens is 6. The summed E-state index contributed by atoms with van der Waals surface area (Å²) in [5.41, 5.74) is -3.14. The van der Waals surface area contributed by atoms with Crippen molar-refractivity contribution in [1.82, 2.24) is 9.97 Å². The van der Waals surface area contributed by atoms with Crippen LogP contribution in [0.3, 0.4) is 0 Å². The van der Waals surface area contributed by atoms with Crippen molar-refractivity contribution in [2.45, 2.75) is 18.3 Å². The minimum absolute atomic E-state index is 0.0488. The average molecular weight is 324 g/mol. The molecule has 0 radical (unpaired) electrons. The van der Waals surface area contributed by atoms with E-state index in [0.29, 0.717) is 18.2 Å². The number of benzene rings is 1. The summed E-state index contributed by atoms with van der Waals surface area (Å²) >= 11 is 0. The van der Waals surface area contributed by atoms with Crippen LogP contribution in [0.2, 0.25) is 0 Å². The number of H-pyrrole nitrogens is 1. The van der Waals surface area contributed by atoms with Gasteiger partial charge in [0.15, 0.2) is 0 Å². The first kappa shape index (κ1) is 16.3. The van der Waals surface area contributed by atoms with Crippen molar-refractivity contribution in [2.24, 2.45) is 0 Å². The summed E-state index contributed by atoms with van der Waals surface area (Å²) in [5, 5.41) is 9.33. The fourth-order valence-electron chi connectivity index (χ4n) is 2.09. The average Bonchev–Trinajstić information content (AvgIpc) is 2.91.